The first-order chi connectivity index (χ1) is 31.5. The third kappa shape index (κ3) is 19.2. The number of amides is 2. The molecule has 0 saturated carbocycles. The van der Waals surface area contributed by atoms with Crippen LogP contribution in [0.5, 0.6) is 11.8 Å². The summed E-state index contributed by atoms with van der Waals surface area (Å²) in [6.07, 6.45) is 11.9. The second-order valence-electron chi connectivity index (χ2n) is 14.1. The van der Waals surface area contributed by atoms with Crippen LogP contribution < -0.4 is 42.3 Å². The molecule has 0 fully saturated rings. The Morgan fingerprint density at radius 1 is 0.621 bits per heavy atom. The largest absolute Gasteiger partial charge is 0.481 e. The van der Waals surface area contributed by atoms with Crippen LogP contribution in [0.2, 0.25) is 15.3 Å². The van der Waals surface area contributed by atoms with Crippen molar-refractivity contribution in [2.24, 2.45) is 5.73 Å². The Morgan fingerprint density at radius 3 is 1.58 bits per heavy atom. The minimum atomic E-state index is -0.363. The zero-order valence-electron chi connectivity index (χ0n) is 36.6. The fourth-order valence-electron chi connectivity index (χ4n) is 5.97. The van der Waals surface area contributed by atoms with E-state index in [1.54, 1.807) is 86.4 Å². The Bertz CT molecular complexity index is 2550. The molecule has 5 N–H and O–H groups in total. The number of pyridine rings is 2. The van der Waals surface area contributed by atoms with Gasteiger partial charge in [-0.3, -0.25) is 19.2 Å². The quantitative estimate of drug-likeness (QED) is 0.0438. The molecule has 0 saturated heterocycles. The summed E-state index contributed by atoms with van der Waals surface area (Å²) in [6, 6.07) is 24.4. The highest BCUT2D eigenvalue weighted by molar-refractivity contribution is 6.31. The predicted octanol–water partition coefficient (Wildman–Crippen LogP) is 7.33. The zero-order chi connectivity index (χ0) is 46.8. The molecular weight excluding hydrogens is 930 g/mol. The number of nitrogens with two attached hydrogens (primary N) is 1. The number of ether oxygens (including phenoxy) is 2. The second kappa shape index (κ2) is 30.2. The van der Waals surface area contributed by atoms with Gasteiger partial charge >= 0.3 is 0 Å². The Balaban J connectivity index is 0.000000298. The molecule has 0 spiro atoms. The maximum Gasteiger partial charge on any atom is 0.263 e. The highest BCUT2D eigenvalue weighted by Crippen LogP contribution is 2.13. The molecule has 0 bridgehead atoms. The minimum absolute atomic E-state index is 0. The van der Waals surface area contributed by atoms with Crippen molar-refractivity contribution >= 4 is 65.0 Å². The Labute approximate surface area is 404 Å². The van der Waals surface area contributed by atoms with Gasteiger partial charge in [-0.05, 0) is 110 Å². The number of nitrogens with one attached hydrogen (secondary N) is 3. The molecule has 4 aromatic heterocycles. The molecule has 0 aliphatic carbocycles. The van der Waals surface area contributed by atoms with Gasteiger partial charge in [0.25, 0.3) is 22.9 Å². The molecule has 0 atom stereocenters. The van der Waals surface area contributed by atoms with Crippen LogP contribution >= 0.6 is 47.2 Å². The molecule has 66 heavy (non-hydrogen) atoms. The van der Waals surface area contributed by atoms with E-state index in [-0.39, 0.29) is 51.8 Å². The van der Waals surface area contributed by atoms with Crippen molar-refractivity contribution in [2.45, 2.75) is 51.6 Å². The van der Waals surface area contributed by atoms with Gasteiger partial charge in [-0.1, -0.05) is 53.9 Å². The summed E-state index contributed by atoms with van der Waals surface area (Å²) >= 11 is 17.4. The molecule has 20 heteroatoms. The standard InChI is InChI=1S/C23H26ClN5O3.C18H22ClN3O2.C5H5ClN2O.ClH/c1-32-20-10-13-27-23(28-20)26-12-4-2-3-11-25-21(30)19-9-6-14-29(22(19)31)16-17-7-5-8-18(24)15-17;19-15-7-4-6-14(12-15)13-22-11-5-8-16(18(22)24)17(23)21-10-3-1-2-9-20;1-9-4-2-3-7-5(6)8-4;/h5-10,13-15H,2-4,11-12,16H2,1H3,(H,25,30)(H,26,27,28);4-8,11-12H,1-3,9-10,13,20H2,(H,21,23);2-3H,1H3;1H. The van der Waals surface area contributed by atoms with Crippen molar-refractivity contribution in [1.82, 2.24) is 39.7 Å². The molecular formula is C46H54Cl4N10O6. The SMILES string of the molecule is COc1ccnc(Cl)n1.COc1ccnc(NCCCCCNC(=O)c2cccn(Cc3cccc(Cl)c3)c2=O)n1.Cl.NCCCCCNC(=O)c1cccn(Cc2cccc(Cl)c2)c1=O. The number of carbonyl (C=O) groups is 2. The van der Waals surface area contributed by atoms with Gasteiger partial charge < -0.3 is 40.3 Å². The third-order valence-corrected chi connectivity index (χ3v) is 9.90. The number of anilines is 1. The Morgan fingerprint density at radius 2 is 1.11 bits per heavy atom. The first-order valence-corrected chi connectivity index (χ1v) is 21.9. The summed E-state index contributed by atoms with van der Waals surface area (Å²) in [4.78, 5) is 65.5. The van der Waals surface area contributed by atoms with Crippen LogP contribution in [0, 0.1) is 0 Å². The number of methoxy groups -OCH3 is 2. The zero-order valence-corrected chi connectivity index (χ0v) is 39.7. The van der Waals surface area contributed by atoms with E-state index in [0.717, 1.165) is 49.7 Å². The lowest BCUT2D eigenvalue weighted by Crippen LogP contribution is -2.33. The van der Waals surface area contributed by atoms with Gasteiger partial charge in [0.2, 0.25) is 23.0 Å². The summed E-state index contributed by atoms with van der Waals surface area (Å²) in [5, 5.41) is 10.2. The van der Waals surface area contributed by atoms with Crippen molar-refractivity contribution < 1.29 is 19.1 Å². The number of benzene rings is 2. The first kappa shape index (κ1) is 54.3. The smallest absolute Gasteiger partial charge is 0.263 e. The molecule has 0 aliphatic heterocycles. The number of nitrogens with zero attached hydrogens (tertiary/aromatic N) is 6. The van der Waals surface area contributed by atoms with E-state index in [1.807, 2.05) is 24.3 Å². The molecule has 16 nitrogen and oxygen atoms in total. The van der Waals surface area contributed by atoms with E-state index in [4.69, 9.17) is 50.0 Å². The van der Waals surface area contributed by atoms with Gasteiger partial charge in [0.1, 0.15) is 11.1 Å². The van der Waals surface area contributed by atoms with Crippen molar-refractivity contribution in [3.05, 3.63) is 168 Å². The molecule has 4 heterocycles. The molecule has 352 valence electrons. The topological polar surface area (TPSA) is 210 Å². The van der Waals surface area contributed by atoms with Crippen LogP contribution in [0.25, 0.3) is 0 Å². The second-order valence-corrected chi connectivity index (χ2v) is 15.3. The van der Waals surface area contributed by atoms with Gasteiger partial charge in [0, 0.05) is 66.6 Å². The summed E-state index contributed by atoms with van der Waals surface area (Å²) in [7, 11) is 3.09. The van der Waals surface area contributed by atoms with Gasteiger partial charge in [0.15, 0.2) is 0 Å². The fraction of sp³-hybridized carbons (Fsp3) is 0.304. The van der Waals surface area contributed by atoms with Crippen LogP contribution in [-0.4, -0.2) is 81.3 Å². The number of carbonyl (C=O) groups excluding carboxylic acids is 2. The van der Waals surface area contributed by atoms with Gasteiger partial charge in [0.05, 0.1) is 27.3 Å². The van der Waals surface area contributed by atoms with E-state index in [0.29, 0.717) is 67.0 Å². The van der Waals surface area contributed by atoms with E-state index >= 15 is 0 Å². The van der Waals surface area contributed by atoms with E-state index in [9.17, 15) is 19.2 Å². The third-order valence-electron chi connectivity index (χ3n) is 9.25. The molecule has 0 aliphatic rings. The summed E-state index contributed by atoms with van der Waals surface area (Å²) in [6.45, 7) is 3.13. The average Bonchev–Trinajstić information content (AvgIpc) is 3.30. The molecule has 0 radical (unpaired) electrons. The van der Waals surface area contributed by atoms with Crippen LogP contribution in [0.1, 0.15) is 70.4 Å². The minimum Gasteiger partial charge on any atom is -0.481 e. The number of halogens is 4. The molecule has 6 rings (SSSR count). The number of hydrogen-bond acceptors (Lipinski definition) is 12. The summed E-state index contributed by atoms with van der Waals surface area (Å²) in [5.74, 6) is 0.815. The van der Waals surface area contributed by atoms with Crippen molar-refractivity contribution in [3.63, 3.8) is 0 Å². The van der Waals surface area contributed by atoms with Gasteiger partial charge in [-0.15, -0.1) is 12.4 Å². The van der Waals surface area contributed by atoms with Crippen molar-refractivity contribution in [2.75, 3.05) is 45.7 Å². The van der Waals surface area contributed by atoms with E-state index < -0.39 is 0 Å². The number of rotatable bonds is 20. The molecule has 2 aromatic carbocycles. The highest BCUT2D eigenvalue weighted by Gasteiger charge is 2.13. The van der Waals surface area contributed by atoms with E-state index in [2.05, 4.69) is 35.9 Å². The van der Waals surface area contributed by atoms with Crippen LogP contribution in [0.15, 0.2) is 119 Å². The van der Waals surface area contributed by atoms with Crippen LogP contribution in [0.3, 0.4) is 0 Å². The van der Waals surface area contributed by atoms with Gasteiger partial charge in [-0.2, -0.15) is 9.97 Å². The summed E-state index contributed by atoms with van der Waals surface area (Å²) < 4.78 is 12.8. The predicted molar refractivity (Wildman–Crippen MR) is 262 cm³/mol. The maximum absolute atomic E-state index is 12.7. The van der Waals surface area contributed by atoms with Crippen molar-refractivity contribution in [1.29, 1.82) is 0 Å². The molecule has 2 amide bonds. The van der Waals surface area contributed by atoms with E-state index in [1.165, 1.54) is 22.4 Å². The highest BCUT2D eigenvalue weighted by atomic mass is 35.5. The lowest BCUT2D eigenvalue weighted by atomic mass is 10.2. The van der Waals surface area contributed by atoms with Crippen molar-refractivity contribution in [3.8, 4) is 11.8 Å². The maximum atomic E-state index is 12.7. The Kier molecular flexibility index (Phi) is 24.9. The van der Waals surface area contributed by atoms with Crippen LogP contribution in [0.4, 0.5) is 5.95 Å². The van der Waals surface area contributed by atoms with Gasteiger partial charge in [-0.25, -0.2) is 9.97 Å². The Hall–Kier alpha value is -6.04. The number of unbranched alkanes of at least 4 members (excludes halogenated alkanes) is 4. The fourth-order valence-corrected chi connectivity index (χ4v) is 6.54. The van der Waals surface area contributed by atoms with Crippen LogP contribution in [-0.2, 0) is 13.1 Å². The molecule has 0 unspecified atom stereocenters. The first-order valence-electron chi connectivity index (χ1n) is 20.8. The number of hydrogen-bond donors (Lipinski definition) is 4. The number of aromatic nitrogens is 6. The lowest BCUT2D eigenvalue weighted by molar-refractivity contribution is 0.0942. The average molecular weight is 985 g/mol. The normalized spacial score (nSPS) is 10.2. The monoisotopic (exact) mass is 982 g/mol. The lowest BCUT2D eigenvalue weighted by Gasteiger charge is -2.09. The molecule has 6 aromatic rings. The summed E-state index contributed by atoms with van der Waals surface area (Å²) in [5.41, 5.74) is 6.88.